The first-order chi connectivity index (χ1) is 26.6. The molecule has 1 aliphatic rings. The van der Waals surface area contributed by atoms with Crippen LogP contribution in [0, 0.1) is 0 Å². The molecular weight excluding hydrogens is 677 g/mol. The Balaban J connectivity index is 1.05. The molecule has 2 heterocycles. The molecule has 0 unspecified atom stereocenters. The maximum Gasteiger partial charge on any atom is 0.0742 e. The lowest BCUT2D eigenvalue weighted by Gasteiger charge is -2.46. The normalized spacial score (nSPS) is 13.8. The Morgan fingerprint density at radius 3 is 1.28 bits per heavy atom. The average molecular weight is 715 g/mol. The van der Waals surface area contributed by atoms with E-state index in [1.807, 2.05) is 18.4 Å². The van der Waals surface area contributed by atoms with Crippen molar-refractivity contribution in [2.24, 2.45) is 0 Å². The number of rotatable bonds is 6. The summed E-state index contributed by atoms with van der Waals surface area (Å²) in [7, 11) is -2.91. The van der Waals surface area contributed by atoms with Gasteiger partial charge in [-0.2, -0.15) is 0 Å². The molecule has 4 heteroatoms. The van der Waals surface area contributed by atoms with Gasteiger partial charge in [-0.05, 0) is 101 Å². The van der Waals surface area contributed by atoms with Gasteiger partial charge in [-0.25, -0.2) is 0 Å². The van der Waals surface area contributed by atoms with Crippen molar-refractivity contribution in [1.29, 1.82) is 0 Å². The average Bonchev–Trinajstić information content (AvgIpc) is 3.58. The van der Waals surface area contributed by atoms with Gasteiger partial charge in [0, 0.05) is 31.9 Å². The fraction of sp³-hybridized carbons (Fsp3) is 0.0400. The molecule has 260 valence electrons. The Morgan fingerprint density at radius 2 is 0.796 bits per heavy atom. The van der Waals surface area contributed by atoms with Crippen molar-refractivity contribution < 1.29 is 4.21 Å². The van der Waals surface area contributed by atoms with E-state index in [-0.39, 0.29) is 0 Å². The summed E-state index contributed by atoms with van der Waals surface area (Å²) in [6, 6.07) is 72.9. The lowest BCUT2D eigenvalue weighted by Crippen LogP contribution is -2.37. The van der Waals surface area contributed by atoms with Crippen LogP contribution in [-0.2, 0) is 15.3 Å². The van der Waals surface area contributed by atoms with Crippen molar-refractivity contribution >= 4 is 48.8 Å². The van der Waals surface area contributed by atoms with Crippen molar-refractivity contribution in [3.8, 4) is 5.69 Å². The topological polar surface area (TPSA) is 25.2 Å². The second-order valence-corrected chi connectivity index (χ2v) is 17.1. The molecule has 0 spiro atoms. The Labute approximate surface area is 316 Å². The van der Waals surface area contributed by atoms with E-state index in [4.69, 9.17) is 0 Å². The third-order valence-electron chi connectivity index (χ3n) is 11.3. The van der Waals surface area contributed by atoms with Gasteiger partial charge in [0.25, 0.3) is 0 Å². The van der Waals surface area contributed by atoms with Crippen LogP contribution in [0.25, 0.3) is 27.5 Å². The molecule has 0 saturated heterocycles. The fourth-order valence-corrected chi connectivity index (χ4v) is 10.5. The summed E-state index contributed by atoms with van der Waals surface area (Å²) in [5.74, 6) is 0. The van der Waals surface area contributed by atoms with Crippen LogP contribution in [-0.4, -0.2) is 15.0 Å². The van der Waals surface area contributed by atoms with Crippen LogP contribution in [0.4, 0.5) is 17.1 Å². The zero-order chi connectivity index (χ0) is 36.3. The van der Waals surface area contributed by atoms with Gasteiger partial charge in [0.1, 0.15) is 0 Å². The minimum Gasteiger partial charge on any atom is -0.310 e. The van der Waals surface area contributed by atoms with Crippen LogP contribution in [0.15, 0.2) is 216 Å². The van der Waals surface area contributed by atoms with Crippen molar-refractivity contribution in [2.45, 2.75) is 15.2 Å². The van der Waals surface area contributed by atoms with E-state index in [2.05, 4.69) is 204 Å². The zero-order valence-electron chi connectivity index (χ0n) is 29.9. The van der Waals surface area contributed by atoms with E-state index >= 15 is 0 Å². The number of benzene rings is 8. The Hall–Kier alpha value is -6.49. The highest BCUT2D eigenvalue weighted by atomic mass is 32.2. The predicted octanol–water partition coefficient (Wildman–Crippen LogP) is 12.0. The number of fused-ring (bicyclic) bond motifs is 5. The zero-order valence-corrected chi connectivity index (χ0v) is 30.8. The number of anilines is 3. The smallest absolute Gasteiger partial charge is 0.0742 e. The quantitative estimate of drug-likeness (QED) is 0.174. The van der Waals surface area contributed by atoms with Gasteiger partial charge in [0.2, 0.25) is 0 Å². The lowest BCUT2D eigenvalue weighted by atomic mass is 9.62. The minimum absolute atomic E-state index is 0.517. The molecule has 10 rings (SSSR count). The van der Waals surface area contributed by atoms with Crippen molar-refractivity contribution in [3.63, 3.8) is 0 Å². The number of thiol groups is 1. The molecule has 3 nitrogen and oxygen atoms in total. The van der Waals surface area contributed by atoms with E-state index in [0.717, 1.165) is 43.6 Å². The molecule has 0 bridgehead atoms. The first kappa shape index (κ1) is 32.2. The molecule has 1 aromatic heterocycles. The molecule has 0 aliphatic carbocycles. The summed E-state index contributed by atoms with van der Waals surface area (Å²) < 4.78 is 17.0. The molecular formula is C50H38N2OS. The minimum atomic E-state index is -2.91. The van der Waals surface area contributed by atoms with Gasteiger partial charge >= 0.3 is 0 Å². The first-order valence-electron chi connectivity index (χ1n) is 18.4. The van der Waals surface area contributed by atoms with Crippen molar-refractivity contribution in [1.82, 2.24) is 4.57 Å². The molecule has 54 heavy (non-hydrogen) atoms. The third kappa shape index (κ3) is 4.77. The second-order valence-electron chi connectivity index (χ2n) is 14.2. The molecule has 0 atom stereocenters. The van der Waals surface area contributed by atoms with Crippen LogP contribution in [0.3, 0.4) is 0 Å². The Morgan fingerprint density at radius 1 is 0.407 bits per heavy atom. The van der Waals surface area contributed by atoms with E-state index in [9.17, 15) is 4.21 Å². The van der Waals surface area contributed by atoms with Gasteiger partial charge in [-0.15, -0.1) is 0 Å². The molecule has 0 N–H and O–H groups in total. The highest BCUT2D eigenvalue weighted by Crippen LogP contribution is 2.57. The van der Waals surface area contributed by atoms with Gasteiger partial charge in [0.15, 0.2) is 0 Å². The summed E-state index contributed by atoms with van der Waals surface area (Å²) in [6.45, 7) is 0. The van der Waals surface area contributed by atoms with Gasteiger partial charge in [0.05, 0.1) is 27.8 Å². The van der Waals surface area contributed by atoms with E-state index in [1.165, 1.54) is 33.0 Å². The largest absolute Gasteiger partial charge is 0.310 e. The Bertz CT molecular complexity index is 2720. The second kappa shape index (κ2) is 12.6. The van der Waals surface area contributed by atoms with Gasteiger partial charge in [-0.1, -0.05) is 143 Å². The van der Waals surface area contributed by atoms with Gasteiger partial charge in [-0.3, -0.25) is 4.21 Å². The molecule has 0 radical (unpaired) electrons. The summed E-state index contributed by atoms with van der Waals surface area (Å²) >= 11 is 0. The van der Waals surface area contributed by atoms with Crippen LogP contribution in [0.1, 0.15) is 22.3 Å². The number of nitrogens with zero attached hydrogens (tertiary/aromatic N) is 2. The first-order valence-corrected chi connectivity index (χ1v) is 20.6. The fourth-order valence-electron chi connectivity index (χ4n) is 8.81. The molecule has 0 fully saturated rings. The van der Waals surface area contributed by atoms with Crippen LogP contribution >= 0.6 is 0 Å². The van der Waals surface area contributed by atoms with E-state index in [0.29, 0.717) is 0 Å². The van der Waals surface area contributed by atoms with Gasteiger partial charge < -0.3 is 9.47 Å². The molecule has 0 amide bonds. The van der Waals surface area contributed by atoms with Crippen LogP contribution in [0.2, 0.25) is 0 Å². The number of para-hydroxylation sites is 4. The van der Waals surface area contributed by atoms with E-state index in [1.54, 1.807) is 0 Å². The highest BCUT2D eigenvalue weighted by molar-refractivity contribution is 8.02. The molecule has 8 aromatic carbocycles. The summed E-state index contributed by atoms with van der Waals surface area (Å²) in [4.78, 5) is 4.03. The predicted molar refractivity (Wildman–Crippen MR) is 226 cm³/mol. The molecule has 9 aromatic rings. The Kier molecular flexibility index (Phi) is 7.50. The summed E-state index contributed by atoms with van der Waals surface area (Å²) in [6.07, 6.45) is 1.89. The molecule has 0 saturated carbocycles. The molecule has 1 aliphatic heterocycles. The maximum absolute atomic E-state index is 14.7. The number of aromatic nitrogens is 1. The standard InChI is InChI=1S/C50H38N2OS/c1-54(53,40-32-28-38(29-33-40)51-46-24-12-8-20-42(46)43-21-9-13-25-47(43)51)41-34-30-39(31-35-41)52-48-26-14-10-22-44(48)50(36-16-4-2-5-17-36,37-18-6-3-7-19-37)45-23-11-15-27-49(45)52/h2-35,54H,1H3. The van der Waals surface area contributed by atoms with Crippen LogP contribution < -0.4 is 4.90 Å². The maximum atomic E-state index is 14.7. The highest BCUT2D eigenvalue weighted by Gasteiger charge is 2.46. The summed E-state index contributed by atoms with van der Waals surface area (Å²) in [5, 5.41) is 2.45. The number of hydrogen-bond donors (Lipinski definition) is 1. The van der Waals surface area contributed by atoms with Crippen molar-refractivity contribution in [2.75, 3.05) is 11.2 Å². The summed E-state index contributed by atoms with van der Waals surface area (Å²) in [5.41, 5.74) is 11.0. The number of hydrogen-bond acceptors (Lipinski definition) is 2. The monoisotopic (exact) mass is 714 g/mol. The third-order valence-corrected chi connectivity index (χ3v) is 13.9. The SMILES string of the molecule is C[SH](=O)(c1ccc(N2c3ccccc3C(c3ccccc3)(c3ccccc3)c3ccccc32)cc1)c1ccc(-n2c3ccccc3c3ccccc32)cc1. The van der Waals surface area contributed by atoms with E-state index < -0.39 is 15.3 Å². The van der Waals surface area contributed by atoms with Crippen molar-refractivity contribution in [3.05, 3.63) is 229 Å². The van der Waals surface area contributed by atoms with Crippen LogP contribution in [0.5, 0.6) is 0 Å². The lowest BCUT2D eigenvalue weighted by molar-refractivity contribution is 0.674.